The van der Waals surface area contributed by atoms with E-state index in [1.54, 1.807) is 11.8 Å². The second-order valence-electron chi connectivity index (χ2n) is 6.00. The minimum Gasteiger partial charge on any atom is -0.493 e. The fraction of sp³-hybridized carbons (Fsp3) is 0.333. The smallest absolute Gasteiger partial charge is 0.191 e. The third-order valence-corrected chi connectivity index (χ3v) is 5.14. The molecule has 0 radical (unpaired) electrons. The number of aromatic nitrogens is 3. The van der Waals surface area contributed by atoms with Crippen molar-refractivity contribution in [1.82, 2.24) is 14.8 Å². The van der Waals surface area contributed by atoms with Crippen molar-refractivity contribution in [3.8, 4) is 5.75 Å². The Kier molecular flexibility index (Phi) is 6.72. The number of aryl methyl sites for hydroxylation is 1. The number of hydrogen-bond donors (Lipinski definition) is 0. The molecule has 1 aromatic heterocycles. The Balaban J connectivity index is 1.54. The van der Waals surface area contributed by atoms with Crippen LogP contribution in [0.4, 0.5) is 0 Å². The quantitative estimate of drug-likeness (QED) is 0.409. The summed E-state index contributed by atoms with van der Waals surface area (Å²) >= 11 is 1.70. The first-order valence-electron chi connectivity index (χ1n) is 9.10. The van der Waals surface area contributed by atoms with E-state index in [2.05, 4.69) is 65.0 Å². The van der Waals surface area contributed by atoms with Crippen LogP contribution in [0.1, 0.15) is 30.8 Å². The molecule has 1 heterocycles. The molecule has 0 aliphatic heterocycles. The molecule has 0 bridgehead atoms. The van der Waals surface area contributed by atoms with Gasteiger partial charge >= 0.3 is 0 Å². The van der Waals surface area contributed by atoms with Crippen LogP contribution in [0, 0.1) is 0 Å². The van der Waals surface area contributed by atoms with Crippen molar-refractivity contribution < 1.29 is 4.74 Å². The molecule has 0 saturated heterocycles. The number of nitrogens with zero attached hydrogens (tertiary/aromatic N) is 3. The van der Waals surface area contributed by atoms with Crippen molar-refractivity contribution in [2.24, 2.45) is 0 Å². The lowest BCUT2D eigenvalue weighted by Crippen LogP contribution is -2.06. The number of rotatable bonds is 9. The third-order valence-electron chi connectivity index (χ3n) is 4.20. The first-order valence-corrected chi connectivity index (χ1v) is 10.1. The van der Waals surface area contributed by atoms with Crippen molar-refractivity contribution >= 4 is 11.8 Å². The molecule has 2 aromatic carbocycles. The van der Waals surface area contributed by atoms with Gasteiger partial charge in [0, 0.05) is 18.7 Å². The van der Waals surface area contributed by atoms with Crippen molar-refractivity contribution in [2.45, 2.75) is 38.4 Å². The van der Waals surface area contributed by atoms with Gasteiger partial charge in [0.1, 0.15) is 11.6 Å². The van der Waals surface area contributed by atoms with E-state index in [9.17, 15) is 0 Å². The van der Waals surface area contributed by atoms with Crippen LogP contribution in [0.25, 0.3) is 0 Å². The van der Waals surface area contributed by atoms with Crippen molar-refractivity contribution in [2.75, 3.05) is 12.4 Å². The maximum atomic E-state index is 5.87. The predicted octanol–water partition coefficient (Wildman–Crippen LogP) is 4.62. The summed E-state index contributed by atoms with van der Waals surface area (Å²) in [7, 11) is 0. The monoisotopic (exact) mass is 367 g/mol. The van der Waals surface area contributed by atoms with E-state index >= 15 is 0 Å². The van der Waals surface area contributed by atoms with Crippen LogP contribution in [0.5, 0.6) is 5.75 Å². The van der Waals surface area contributed by atoms with Gasteiger partial charge in [-0.3, -0.25) is 0 Å². The average molecular weight is 368 g/mol. The lowest BCUT2D eigenvalue weighted by molar-refractivity contribution is 0.343. The number of hydrogen-bond acceptors (Lipinski definition) is 4. The Morgan fingerprint density at radius 2 is 1.77 bits per heavy atom. The molecule has 0 atom stereocenters. The second-order valence-corrected chi connectivity index (χ2v) is 7.07. The maximum absolute atomic E-state index is 5.87. The van der Waals surface area contributed by atoms with E-state index in [0.29, 0.717) is 6.61 Å². The van der Waals surface area contributed by atoms with Crippen LogP contribution in [0.15, 0.2) is 59.8 Å². The van der Waals surface area contributed by atoms with Gasteiger partial charge in [-0.15, -0.1) is 10.2 Å². The highest BCUT2D eigenvalue weighted by atomic mass is 32.2. The Morgan fingerprint density at radius 1 is 0.962 bits per heavy atom. The summed E-state index contributed by atoms with van der Waals surface area (Å²) in [5.41, 5.74) is 2.55. The molecule has 26 heavy (non-hydrogen) atoms. The molecule has 5 heteroatoms. The van der Waals surface area contributed by atoms with Gasteiger partial charge in [0.25, 0.3) is 0 Å². The van der Waals surface area contributed by atoms with Gasteiger partial charge in [-0.2, -0.15) is 0 Å². The molecule has 0 aliphatic carbocycles. The molecule has 0 amide bonds. The normalized spacial score (nSPS) is 10.8. The van der Waals surface area contributed by atoms with Crippen molar-refractivity contribution in [3.05, 3.63) is 71.5 Å². The Hall–Kier alpha value is -2.27. The highest BCUT2D eigenvalue weighted by Crippen LogP contribution is 2.20. The van der Waals surface area contributed by atoms with E-state index in [1.165, 1.54) is 11.1 Å². The molecule has 4 nitrogen and oxygen atoms in total. The molecule has 0 unspecified atom stereocenters. The highest BCUT2D eigenvalue weighted by Gasteiger charge is 2.11. The van der Waals surface area contributed by atoms with E-state index in [1.807, 2.05) is 18.2 Å². The summed E-state index contributed by atoms with van der Waals surface area (Å²) < 4.78 is 8.06. The minimum atomic E-state index is 0.655. The van der Waals surface area contributed by atoms with Gasteiger partial charge in [0.05, 0.1) is 6.61 Å². The van der Waals surface area contributed by atoms with E-state index < -0.39 is 0 Å². The zero-order chi connectivity index (χ0) is 18.2. The third kappa shape index (κ3) is 4.88. The van der Waals surface area contributed by atoms with Crippen LogP contribution in [-0.4, -0.2) is 27.1 Å². The van der Waals surface area contributed by atoms with Crippen molar-refractivity contribution in [3.63, 3.8) is 0 Å². The van der Waals surface area contributed by atoms with Crippen LogP contribution < -0.4 is 4.74 Å². The molecule has 0 spiro atoms. The molecule has 136 valence electrons. The van der Waals surface area contributed by atoms with E-state index in [4.69, 9.17) is 4.74 Å². The molecular weight excluding hydrogens is 342 g/mol. The number of thioether (sulfide) groups is 1. The minimum absolute atomic E-state index is 0.655. The van der Waals surface area contributed by atoms with Crippen LogP contribution >= 0.6 is 11.8 Å². The van der Waals surface area contributed by atoms with E-state index in [0.717, 1.165) is 41.9 Å². The zero-order valence-corrected chi connectivity index (χ0v) is 16.2. The highest BCUT2D eigenvalue weighted by molar-refractivity contribution is 7.99. The first kappa shape index (κ1) is 18.5. The molecule has 0 N–H and O–H groups in total. The summed E-state index contributed by atoms with van der Waals surface area (Å²) in [4.78, 5) is 0. The second kappa shape index (κ2) is 9.43. The van der Waals surface area contributed by atoms with Crippen LogP contribution in [0.3, 0.4) is 0 Å². The first-order chi connectivity index (χ1) is 12.8. The van der Waals surface area contributed by atoms with Gasteiger partial charge in [0.15, 0.2) is 5.16 Å². The molecule has 3 rings (SSSR count). The fourth-order valence-electron chi connectivity index (χ4n) is 2.80. The van der Waals surface area contributed by atoms with Gasteiger partial charge in [-0.25, -0.2) is 0 Å². The average Bonchev–Trinajstić information content (AvgIpc) is 3.07. The lowest BCUT2D eigenvalue weighted by atomic mass is 10.1. The van der Waals surface area contributed by atoms with Crippen molar-refractivity contribution in [1.29, 1.82) is 0 Å². The zero-order valence-electron chi connectivity index (χ0n) is 15.4. The SMILES string of the molecule is CCc1cccc(OCCSc2nnc(Cc3ccccc3)n2CC)c1. The largest absolute Gasteiger partial charge is 0.493 e. The van der Waals surface area contributed by atoms with Crippen LogP contribution in [-0.2, 0) is 19.4 Å². The Labute approximate surface area is 159 Å². The summed E-state index contributed by atoms with van der Waals surface area (Å²) in [5, 5.41) is 9.73. The lowest BCUT2D eigenvalue weighted by Gasteiger charge is -2.09. The van der Waals surface area contributed by atoms with Crippen LogP contribution in [0.2, 0.25) is 0 Å². The summed E-state index contributed by atoms with van der Waals surface area (Å²) in [6, 6.07) is 18.7. The standard InChI is InChI=1S/C21H25N3OS/c1-3-17-11-8-12-19(15-17)25-13-14-26-21-23-22-20(24(21)4-2)16-18-9-6-5-7-10-18/h5-12,15H,3-4,13-14,16H2,1-2H3. The van der Waals surface area contributed by atoms with Gasteiger partial charge < -0.3 is 9.30 Å². The molecule has 0 saturated carbocycles. The summed E-state index contributed by atoms with van der Waals surface area (Å²) in [6.45, 7) is 5.81. The molecule has 3 aromatic rings. The Morgan fingerprint density at radius 3 is 2.54 bits per heavy atom. The van der Waals surface area contributed by atoms with Gasteiger partial charge in [0.2, 0.25) is 0 Å². The van der Waals surface area contributed by atoms with Gasteiger partial charge in [-0.05, 0) is 36.6 Å². The maximum Gasteiger partial charge on any atom is 0.191 e. The predicted molar refractivity (Wildman–Crippen MR) is 107 cm³/mol. The topological polar surface area (TPSA) is 39.9 Å². The summed E-state index contributed by atoms with van der Waals surface area (Å²) in [6.07, 6.45) is 1.83. The molecule has 0 aliphatic rings. The van der Waals surface area contributed by atoms with Gasteiger partial charge in [-0.1, -0.05) is 61.2 Å². The fourth-order valence-corrected chi connectivity index (χ4v) is 3.64. The Bertz CT molecular complexity index is 817. The number of ether oxygens (including phenoxy) is 1. The number of benzene rings is 2. The summed E-state index contributed by atoms with van der Waals surface area (Å²) in [5.74, 6) is 2.80. The van der Waals surface area contributed by atoms with E-state index in [-0.39, 0.29) is 0 Å². The molecule has 0 fully saturated rings. The molecular formula is C21H25N3OS.